The summed E-state index contributed by atoms with van der Waals surface area (Å²) in [4.78, 5) is 16.7. The molecule has 2 aromatic heterocycles. The van der Waals surface area contributed by atoms with E-state index in [1.165, 1.54) is 12.1 Å². The average molecular weight is 379 g/mol. The molecular formula is C18H19F2N3O4. The Balaban J connectivity index is 1.89. The van der Waals surface area contributed by atoms with Gasteiger partial charge in [-0.1, -0.05) is 25.1 Å². The third-order valence-electron chi connectivity index (χ3n) is 4.02. The number of aryl methyl sites for hydroxylation is 3. The van der Waals surface area contributed by atoms with Crippen LogP contribution in [0.5, 0.6) is 5.75 Å². The van der Waals surface area contributed by atoms with Crippen LogP contribution >= 0.6 is 0 Å². The quantitative estimate of drug-likeness (QED) is 0.666. The molecule has 2 heterocycles. The summed E-state index contributed by atoms with van der Waals surface area (Å²) in [6, 6.07) is 2.88. The van der Waals surface area contributed by atoms with E-state index in [2.05, 4.69) is 20.2 Å². The van der Waals surface area contributed by atoms with Gasteiger partial charge in [0.1, 0.15) is 11.4 Å². The number of carbonyl (C=O) groups is 1. The van der Waals surface area contributed by atoms with Crippen LogP contribution in [0.1, 0.15) is 36.8 Å². The number of amides is 1. The Hall–Kier alpha value is -2.97. The highest BCUT2D eigenvalue weighted by atomic mass is 19.3. The highest BCUT2D eigenvalue weighted by Gasteiger charge is 2.20. The molecule has 3 rings (SSSR count). The number of hydrogen-bond acceptors (Lipinski definition) is 6. The number of hydrogen-bond donors (Lipinski definition) is 1. The summed E-state index contributed by atoms with van der Waals surface area (Å²) < 4.78 is 40.5. The van der Waals surface area contributed by atoms with Crippen molar-refractivity contribution in [3.8, 4) is 5.75 Å². The largest absolute Gasteiger partial charge is 0.440 e. The first-order valence-electron chi connectivity index (χ1n) is 8.54. The number of ether oxygens (including phenoxy) is 1. The van der Waals surface area contributed by atoms with Crippen LogP contribution < -0.4 is 10.1 Å². The minimum Gasteiger partial charge on any atom is -0.440 e. The maximum atomic E-state index is 12.6. The van der Waals surface area contributed by atoms with Crippen LogP contribution in [0.4, 0.5) is 14.5 Å². The van der Waals surface area contributed by atoms with E-state index < -0.39 is 6.61 Å². The summed E-state index contributed by atoms with van der Waals surface area (Å²) in [5.41, 5.74) is 2.08. The van der Waals surface area contributed by atoms with Crippen LogP contribution in [-0.4, -0.2) is 22.7 Å². The zero-order valence-electron chi connectivity index (χ0n) is 15.1. The standard InChI is InChI=1S/C18H19F2N3O4/c1-4-11-15(9(3)23-27-11)21-13(24)8-10-6-7-12(25-18(19)20)16-17(10)26-14(5-2)22-16/h6-7,18H,4-5,8H2,1-3H3,(H,21,24). The molecule has 0 atom stereocenters. The smallest absolute Gasteiger partial charge is 0.387 e. The average Bonchev–Trinajstić information content (AvgIpc) is 3.21. The lowest BCUT2D eigenvalue weighted by molar-refractivity contribution is -0.115. The van der Waals surface area contributed by atoms with E-state index in [0.717, 1.165) is 0 Å². The molecule has 1 aromatic carbocycles. The van der Waals surface area contributed by atoms with Gasteiger partial charge in [0.25, 0.3) is 0 Å². The molecule has 0 saturated carbocycles. The SMILES string of the molecule is CCc1nc2c(OC(F)F)ccc(CC(=O)Nc3c(C)noc3CC)c2o1. The van der Waals surface area contributed by atoms with Crippen LogP contribution in [0.3, 0.4) is 0 Å². The summed E-state index contributed by atoms with van der Waals surface area (Å²) in [5.74, 6) is 0.560. The van der Waals surface area contributed by atoms with Gasteiger partial charge in [-0.05, 0) is 13.0 Å². The predicted molar refractivity (Wildman–Crippen MR) is 93.0 cm³/mol. The molecule has 0 aliphatic carbocycles. The molecule has 0 unspecified atom stereocenters. The number of anilines is 1. The summed E-state index contributed by atoms with van der Waals surface area (Å²) in [7, 11) is 0. The fourth-order valence-corrected chi connectivity index (χ4v) is 2.74. The minimum absolute atomic E-state index is 0.0302. The van der Waals surface area contributed by atoms with E-state index in [9.17, 15) is 13.6 Å². The molecular weight excluding hydrogens is 360 g/mol. The number of benzene rings is 1. The number of rotatable bonds is 7. The third kappa shape index (κ3) is 3.91. The van der Waals surface area contributed by atoms with Crippen LogP contribution in [0.2, 0.25) is 0 Å². The Labute approximate surface area is 153 Å². The van der Waals surface area contributed by atoms with Crippen molar-refractivity contribution in [3.63, 3.8) is 0 Å². The molecule has 3 aromatic rings. The van der Waals surface area contributed by atoms with Crippen molar-refractivity contribution in [2.24, 2.45) is 0 Å². The Morgan fingerprint density at radius 2 is 2.07 bits per heavy atom. The van der Waals surface area contributed by atoms with Gasteiger partial charge in [-0.25, -0.2) is 4.98 Å². The molecule has 144 valence electrons. The molecule has 0 radical (unpaired) electrons. The molecule has 7 nitrogen and oxygen atoms in total. The number of carbonyl (C=O) groups excluding carboxylic acids is 1. The molecule has 9 heteroatoms. The molecule has 0 spiro atoms. The van der Waals surface area contributed by atoms with Gasteiger partial charge >= 0.3 is 6.61 Å². The first-order chi connectivity index (χ1) is 12.9. The number of fused-ring (bicyclic) bond motifs is 1. The van der Waals surface area contributed by atoms with Crippen molar-refractivity contribution < 1.29 is 27.3 Å². The van der Waals surface area contributed by atoms with Gasteiger partial charge in [-0.15, -0.1) is 0 Å². The van der Waals surface area contributed by atoms with Gasteiger partial charge in [-0.3, -0.25) is 4.79 Å². The van der Waals surface area contributed by atoms with E-state index in [1.54, 1.807) is 6.92 Å². The number of aromatic nitrogens is 2. The van der Waals surface area contributed by atoms with Gasteiger partial charge < -0.3 is 19.0 Å². The number of alkyl halides is 2. The first kappa shape index (κ1) is 18.8. The zero-order chi connectivity index (χ0) is 19.6. The van der Waals surface area contributed by atoms with Crippen molar-refractivity contribution in [1.82, 2.24) is 10.1 Å². The highest BCUT2D eigenvalue weighted by Crippen LogP contribution is 2.31. The third-order valence-corrected chi connectivity index (χ3v) is 4.02. The normalized spacial score (nSPS) is 11.3. The van der Waals surface area contributed by atoms with Crippen molar-refractivity contribution in [2.75, 3.05) is 5.32 Å². The molecule has 1 N–H and O–H groups in total. The van der Waals surface area contributed by atoms with Crippen LogP contribution in [0.15, 0.2) is 21.1 Å². The van der Waals surface area contributed by atoms with Crippen LogP contribution in [0.25, 0.3) is 11.1 Å². The lowest BCUT2D eigenvalue weighted by Crippen LogP contribution is -2.16. The molecule has 0 saturated heterocycles. The second kappa shape index (κ2) is 7.73. The number of nitrogens with one attached hydrogen (secondary N) is 1. The van der Waals surface area contributed by atoms with E-state index in [4.69, 9.17) is 8.94 Å². The Kier molecular flexibility index (Phi) is 5.38. The molecule has 0 bridgehead atoms. The Bertz CT molecular complexity index is 965. The van der Waals surface area contributed by atoms with E-state index in [0.29, 0.717) is 41.4 Å². The van der Waals surface area contributed by atoms with Gasteiger partial charge in [0.2, 0.25) is 5.91 Å². The molecule has 0 fully saturated rings. The lowest BCUT2D eigenvalue weighted by Gasteiger charge is -2.08. The van der Waals surface area contributed by atoms with Gasteiger partial charge in [0.15, 0.2) is 28.5 Å². The van der Waals surface area contributed by atoms with Crippen molar-refractivity contribution in [3.05, 3.63) is 35.0 Å². The fraction of sp³-hybridized carbons (Fsp3) is 0.389. The van der Waals surface area contributed by atoms with Crippen LogP contribution in [-0.2, 0) is 24.1 Å². The number of oxazole rings is 1. The van der Waals surface area contributed by atoms with Gasteiger partial charge in [-0.2, -0.15) is 8.78 Å². The van der Waals surface area contributed by atoms with Gasteiger partial charge in [0.05, 0.1) is 6.42 Å². The van der Waals surface area contributed by atoms with Crippen molar-refractivity contribution >= 4 is 22.7 Å². The number of halogens is 2. The minimum atomic E-state index is -2.98. The fourth-order valence-electron chi connectivity index (χ4n) is 2.74. The lowest BCUT2D eigenvalue weighted by atomic mass is 10.1. The number of nitrogens with zero attached hydrogens (tertiary/aromatic N) is 2. The molecule has 0 aliphatic rings. The second-order valence-electron chi connectivity index (χ2n) is 5.88. The molecule has 27 heavy (non-hydrogen) atoms. The highest BCUT2D eigenvalue weighted by molar-refractivity contribution is 5.96. The molecule has 0 aliphatic heterocycles. The first-order valence-corrected chi connectivity index (χ1v) is 8.54. The van der Waals surface area contributed by atoms with Crippen molar-refractivity contribution in [1.29, 1.82) is 0 Å². The van der Waals surface area contributed by atoms with Crippen molar-refractivity contribution in [2.45, 2.75) is 46.6 Å². The zero-order valence-corrected chi connectivity index (χ0v) is 15.1. The Morgan fingerprint density at radius 3 is 2.74 bits per heavy atom. The summed E-state index contributed by atoms with van der Waals surface area (Å²) in [6.45, 7) is 2.47. The predicted octanol–water partition coefficient (Wildman–Crippen LogP) is 4.03. The topological polar surface area (TPSA) is 90.4 Å². The second-order valence-corrected chi connectivity index (χ2v) is 5.88. The Morgan fingerprint density at radius 1 is 1.30 bits per heavy atom. The maximum Gasteiger partial charge on any atom is 0.387 e. The van der Waals surface area contributed by atoms with Crippen LogP contribution in [0, 0.1) is 6.92 Å². The summed E-state index contributed by atoms with van der Waals surface area (Å²) in [5, 5.41) is 6.63. The van der Waals surface area contributed by atoms with E-state index in [-0.39, 0.29) is 29.2 Å². The van der Waals surface area contributed by atoms with Gasteiger partial charge in [0, 0.05) is 18.4 Å². The van der Waals surface area contributed by atoms with E-state index in [1.807, 2.05) is 13.8 Å². The summed E-state index contributed by atoms with van der Waals surface area (Å²) in [6.07, 6.45) is 1.04. The van der Waals surface area contributed by atoms with E-state index >= 15 is 0 Å². The maximum absolute atomic E-state index is 12.6. The summed E-state index contributed by atoms with van der Waals surface area (Å²) >= 11 is 0. The monoisotopic (exact) mass is 379 g/mol. The molecule has 1 amide bonds.